The molecule has 1 aromatic heterocycles. The number of ether oxygens (including phenoxy) is 1. The minimum Gasteiger partial charge on any atom is -0.489 e. The Hall–Kier alpha value is -3.19. The first-order valence-corrected chi connectivity index (χ1v) is 9.46. The third-order valence-electron chi connectivity index (χ3n) is 4.56. The SMILES string of the molecule is NC(=O)c1cn(C[C@@H](O)CCCc2ccc(F)cc2OCc2ccccc2)cn1. The number of nitrogens with two attached hydrogens (primary N) is 1. The van der Waals surface area contributed by atoms with Gasteiger partial charge in [0.25, 0.3) is 5.91 Å². The van der Waals surface area contributed by atoms with Crippen LogP contribution in [0.25, 0.3) is 0 Å². The van der Waals surface area contributed by atoms with Crippen LogP contribution in [0.3, 0.4) is 0 Å². The fourth-order valence-corrected chi connectivity index (χ4v) is 3.05. The number of aliphatic hydroxyl groups is 1. The molecule has 0 aliphatic heterocycles. The molecule has 3 rings (SSSR count). The van der Waals surface area contributed by atoms with Crippen LogP contribution >= 0.6 is 0 Å². The number of benzene rings is 2. The zero-order valence-electron chi connectivity index (χ0n) is 16.0. The highest BCUT2D eigenvalue weighted by Crippen LogP contribution is 2.23. The molecule has 0 fully saturated rings. The normalized spacial score (nSPS) is 11.9. The van der Waals surface area contributed by atoms with Crippen molar-refractivity contribution in [3.05, 3.63) is 83.7 Å². The second-order valence-electron chi connectivity index (χ2n) is 6.89. The summed E-state index contributed by atoms with van der Waals surface area (Å²) in [6, 6.07) is 14.2. The van der Waals surface area contributed by atoms with Gasteiger partial charge in [0.1, 0.15) is 23.9 Å². The van der Waals surface area contributed by atoms with Crippen molar-refractivity contribution in [3.8, 4) is 5.75 Å². The molecule has 152 valence electrons. The van der Waals surface area contributed by atoms with Crippen LogP contribution in [0.2, 0.25) is 0 Å². The summed E-state index contributed by atoms with van der Waals surface area (Å²) in [5.41, 5.74) is 7.25. The zero-order chi connectivity index (χ0) is 20.6. The van der Waals surface area contributed by atoms with Crippen molar-refractivity contribution in [2.24, 2.45) is 5.73 Å². The first-order valence-electron chi connectivity index (χ1n) is 9.46. The van der Waals surface area contributed by atoms with E-state index in [1.54, 1.807) is 10.6 Å². The number of nitrogens with zero attached hydrogens (tertiary/aromatic N) is 2. The Bertz CT molecular complexity index is 943. The van der Waals surface area contributed by atoms with Gasteiger partial charge in [-0.3, -0.25) is 4.79 Å². The lowest BCUT2D eigenvalue weighted by Crippen LogP contribution is -2.15. The van der Waals surface area contributed by atoms with Gasteiger partial charge in [-0.1, -0.05) is 36.4 Å². The third-order valence-corrected chi connectivity index (χ3v) is 4.56. The number of aliphatic hydroxyl groups excluding tert-OH is 1. The molecule has 1 heterocycles. The number of amides is 1. The highest BCUT2D eigenvalue weighted by atomic mass is 19.1. The van der Waals surface area contributed by atoms with Crippen LogP contribution in [0.15, 0.2) is 61.1 Å². The van der Waals surface area contributed by atoms with Gasteiger partial charge in [-0.05, 0) is 36.5 Å². The number of aromatic nitrogens is 2. The van der Waals surface area contributed by atoms with E-state index >= 15 is 0 Å². The Morgan fingerprint density at radius 1 is 1.24 bits per heavy atom. The van der Waals surface area contributed by atoms with Crippen LogP contribution in [0.5, 0.6) is 5.75 Å². The molecule has 1 amide bonds. The molecule has 0 aliphatic rings. The van der Waals surface area contributed by atoms with E-state index in [4.69, 9.17) is 10.5 Å². The Kier molecular flexibility index (Phi) is 6.97. The fraction of sp³-hybridized carbons (Fsp3) is 0.273. The van der Waals surface area contributed by atoms with Crippen molar-refractivity contribution in [2.75, 3.05) is 0 Å². The predicted molar refractivity (Wildman–Crippen MR) is 107 cm³/mol. The molecular formula is C22H24FN3O3. The van der Waals surface area contributed by atoms with Crippen LogP contribution in [-0.2, 0) is 19.6 Å². The van der Waals surface area contributed by atoms with Crippen molar-refractivity contribution >= 4 is 5.91 Å². The first kappa shape index (κ1) is 20.5. The maximum absolute atomic E-state index is 13.7. The molecule has 1 atom stereocenters. The number of carbonyl (C=O) groups excluding carboxylic acids is 1. The summed E-state index contributed by atoms with van der Waals surface area (Å²) in [6.07, 6.45) is 4.28. The monoisotopic (exact) mass is 397 g/mol. The summed E-state index contributed by atoms with van der Waals surface area (Å²) in [5.74, 6) is -0.427. The summed E-state index contributed by atoms with van der Waals surface area (Å²) < 4.78 is 21.1. The largest absolute Gasteiger partial charge is 0.489 e. The smallest absolute Gasteiger partial charge is 0.268 e. The molecule has 29 heavy (non-hydrogen) atoms. The lowest BCUT2D eigenvalue weighted by Gasteiger charge is -2.14. The third kappa shape index (κ3) is 6.15. The number of rotatable bonds is 10. The number of halogens is 1. The first-order chi connectivity index (χ1) is 14.0. The molecule has 3 N–H and O–H groups in total. The summed E-state index contributed by atoms with van der Waals surface area (Å²) in [7, 11) is 0. The van der Waals surface area contributed by atoms with Gasteiger partial charge in [-0.15, -0.1) is 0 Å². The molecule has 3 aromatic rings. The van der Waals surface area contributed by atoms with Gasteiger partial charge in [0.05, 0.1) is 12.4 Å². The molecule has 0 saturated heterocycles. The Morgan fingerprint density at radius 3 is 2.76 bits per heavy atom. The number of imidazole rings is 1. The van der Waals surface area contributed by atoms with Crippen molar-refractivity contribution in [1.29, 1.82) is 0 Å². The van der Waals surface area contributed by atoms with Gasteiger partial charge in [-0.25, -0.2) is 9.37 Å². The summed E-state index contributed by atoms with van der Waals surface area (Å²) in [5, 5.41) is 10.2. The van der Waals surface area contributed by atoms with Crippen molar-refractivity contribution < 1.29 is 19.0 Å². The molecule has 6 nitrogen and oxygen atoms in total. The average Bonchev–Trinajstić information content (AvgIpc) is 3.17. The van der Waals surface area contributed by atoms with Crippen LogP contribution in [0.1, 0.15) is 34.5 Å². The molecule has 0 unspecified atom stereocenters. The summed E-state index contributed by atoms with van der Waals surface area (Å²) in [6.45, 7) is 0.684. The van der Waals surface area contributed by atoms with Crippen molar-refractivity contribution in [2.45, 2.75) is 38.5 Å². The van der Waals surface area contributed by atoms with E-state index in [1.807, 2.05) is 30.3 Å². The number of carbonyl (C=O) groups is 1. The van der Waals surface area contributed by atoms with Crippen LogP contribution in [-0.4, -0.2) is 26.7 Å². The fourth-order valence-electron chi connectivity index (χ4n) is 3.05. The zero-order valence-corrected chi connectivity index (χ0v) is 16.0. The van der Waals surface area contributed by atoms with E-state index < -0.39 is 12.0 Å². The van der Waals surface area contributed by atoms with E-state index in [1.165, 1.54) is 24.7 Å². The highest BCUT2D eigenvalue weighted by molar-refractivity contribution is 5.90. The van der Waals surface area contributed by atoms with Crippen LogP contribution in [0.4, 0.5) is 4.39 Å². The number of aryl methyl sites for hydroxylation is 1. The second-order valence-corrected chi connectivity index (χ2v) is 6.89. The lowest BCUT2D eigenvalue weighted by atomic mass is 10.0. The van der Waals surface area contributed by atoms with Gasteiger partial charge in [0.15, 0.2) is 0 Å². The maximum atomic E-state index is 13.7. The molecule has 0 bridgehead atoms. The van der Waals surface area contributed by atoms with E-state index in [0.717, 1.165) is 11.1 Å². The minimum atomic E-state index is -0.599. The lowest BCUT2D eigenvalue weighted by molar-refractivity contribution is 0.0995. The average molecular weight is 397 g/mol. The Balaban J connectivity index is 1.52. The van der Waals surface area contributed by atoms with Gasteiger partial charge >= 0.3 is 0 Å². The molecule has 0 saturated carbocycles. The standard InChI is InChI=1S/C22H24FN3O3/c23-18-10-9-17(21(11-18)29-14-16-5-2-1-3-6-16)7-4-8-19(27)12-26-13-20(22(24)28)25-15-26/h1-3,5-6,9-11,13,15,19,27H,4,7-8,12,14H2,(H2,24,28)/t19-/m0/s1. The molecule has 0 aliphatic carbocycles. The Morgan fingerprint density at radius 2 is 2.03 bits per heavy atom. The molecule has 0 spiro atoms. The van der Waals surface area contributed by atoms with Gasteiger partial charge in [0, 0.05) is 18.8 Å². The van der Waals surface area contributed by atoms with Crippen LogP contribution in [0, 0.1) is 5.82 Å². The predicted octanol–water partition coefficient (Wildman–Crippen LogP) is 3.08. The molecule has 0 radical (unpaired) electrons. The Labute approximate surface area is 168 Å². The summed E-state index contributed by atoms with van der Waals surface area (Å²) in [4.78, 5) is 15.0. The quantitative estimate of drug-likeness (QED) is 0.550. The van der Waals surface area contributed by atoms with E-state index in [9.17, 15) is 14.3 Å². The van der Waals surface area contributed by atoms with Gasteiger partial charge in [0.2, 0.25) is 0 Å². The van der Waals surface area contributed by atoms with Crippen molar-refractivity contribution in [3.63, 3.8) is 0 Å². The van der Waals surface area contributed by atoms with Gasteiger partial charge in [-0.2, -0.15) is 0 Å². The number of primary amides is 1. The minimum absolute atomic E-state index is 0.170. The van der Waals surface area contributed by atoms with E-state index in [-0.39, 0.29) is 11.5 Å². The molecule has 7 heteroatoms. The van der Waals surface area contributed by atoms with Crippen LogP contribution < -0.4 is 10.5 Å². The summed E-state index contributed by atoms with van der Waals surface area (Å²) >= 11 is 0. The van der Waals surface area contributed by atoms with E-state index in [2.05, 4.69) is 4.98 Å². The van der Waals surface area contributed by atoms with E-state index in [0.29, 0.717) is 38.2 Å². The van der Waals surface area contributed by atoms with Gasteiger partial charge < -0.3 is 20.1 Å². The second kappa shape index (κ2) is 9.84. The van der Waals surface area contributed by atoms with Crippen molar-refractivity contribution in [1.82, 2.24) is 9.55 Å². The number of hydrogen-bond acceptors (Lipinski definition) is 4. The molecule has 2 aromatic carbocycles. The molecular weight excluding hydrogens is 373 g/mol. The number of hydrogen-bond donors (Lipinski definition) is 2. The topological polar surface area (TPSA) is 90.4 Å². The maximum Gasteiger partial charge on any atom is 0.268 e. The highest BCUT2D eigenvalue weighted by Gasteiger charge is 2.11.